The number of carboxylic acids is 1. The predicted molar refractivity (Wildman–Crippen MR) is 562 cm³/mol. The number of Topliss-reactive ketones (excluding diaryl/α,β-unsaturated/α-hetero) is 2. The number of aliphatic hydroxyl groups is 4. The number of ether oxygens (including phenoxy) is 1. The quantitative estimate of drug-likeness (QED) is 0.0153. The van der Waals surface area contributed by atoms with E-state index in [-0.39, 0.29) is 88.5 Å². The third-order valence-electron chi connectivity index (χ3n) is 24.7. The Hall–Kier alpha value is -11.4. The summed E-state index contributed by atoms with van der Waals surface area (Å²) >= 11 is 24.4. The Bertz CT molecular complexity index is 6890. The van der Waals surface area contributed by atoms with Gasteiger partial charge in [-0.15, -0.1) is 12.4 Å². The van der Waals surface area contributed by atoms with Gasteiger partial charge in [0.25, 0.3) is 0 Å². The number of aromatic nitrogens is 4. The highest BCUT2D eigenvalue weighted by Gasteiger charge is 2.48. The number of alkyl halides is 3. The Morgan fingerprint density at radius 3 is 1.20 bits per heavy atom. The van der Waals surface area contributed by atoms with Gasteiger partial charge in [0.1, 0.15) is 58.1 Å². The summed E-state index contributed by atoms with van der Waals surface area (Å²) in [6.07, 6.45) is 6.19. The zero-order chi connectivity index (χ0) is 106. The van der Waals surface area contributed by atoms with E-state index in [1.807, 2.05) is 116 Å². The number of benzene rings is 12. The molecule has 0 amide bonds. The zero-order valence-electron chi connectivity index (χ0n) is 79.9. The van der Waals surface area contributed by atoms with Gasteiger partial charge in [0.2, 0.25) is 0 Å². The van der Waals surface area contributed by atoms with Crippen LogP contribution in [0.1, 0.15) is 203 Å². The van der Waals surface area contributed by atoms with Gasteiger partial charge in [-0.2, -0.15) is 23.4 Å². The smallest absolute Gasteiger partial charge is 0.435 e. The average molecular weight is 2340 g/mol. The summed E-state index contributed by atoms with van der Waals surface area (Å²) in [5.41, 5.74) is 17.6. The summed E-state index contributed by atoms with van der Waals surface area (Å²) in [6.45, 7) is 7.56. The maximum absolute atomic E-state index is 14.6. The molecule has 147 heavy (non-hydrogen) atoms. The Labute approximate surface area is 892 Å². The number of rotatable bonds is 21. The van der Waals surface area contributed by atoms with Gasteiger partial charge in [0.05, 0.1) is 74.8 Å². The van der Waals surface area contributed by atoms with Crippen molar-refractivity contribution in [2.75, 3.05) is 12.8 Å². The molecule has 0 spiro atoms. The minimum atomic E-state index is -4.49. The fourth-order valence-electron chi connectivity index (χ4n) is 15.4. The number of carbonyl (C=O) groups excluding carboxylic acids is 3. The van der Waals surface area contributed by atoms with Crippen LogP contribution < -0.4 is 11.5 Å². The highest BCUT2D eigenvalue weighted by atomic mass is 79.9. The summed E-state index contributed by atoms with van der Waals surface area (Å²) in [5.74, 6) is -5.02. The normalized spacial score (nSPS) is 14.9. The molecule has 0 unspecified atom stereocenters. The lowest BCUT2D eigenvalue weighted by Gasteiger charge is -2.11. The highest BCUT2D eigenvalue weighted by molar-refractivity contribution is 9.11. The van der Waals surface area contributed by atoms with Crippen molar-refractivity contribution in [2.45, 2.75) is 176 Å². The number of nitrogen functional groups attached to an aromatic ring is 1. The number of nitrogens with zero attached hydrogens (tertiary/aromatic N) is 5. The summed E-state index contributed by atoms with van der Waals surface area (Å²) in [4.78, 5) is 49.3. The number of carbonyl (C=O) groups is 4. The van der Waals surface area contributed by atoms with Gasteiger partial charge in [0, 0.05) is 98.5 Å². The number of esters is 1. The number of anilines is 1. The first-order valence-corrected chi connectivity index (χ1v) is 50.1. The fourth-order valence-corrected chi connectivity index (χ4v) is 17.1. The molecule has 0 bridgehead atoms. The first-order valence-electron chi connectivity index (χ1n) is 46.1. The van der Waals surface area contributed by atoms with E-state index in [1.165, 1.54) is 68.6 Å². The number of halogens is 18. The molecule has 6 aliphatic rings. The van der Waals surface area contributed by atoms with Crippen LogP contribution in [0, 0.1) is 53.5 Å². The summed E-state index contributed by atoms with van der Waals surface area (Å²) in [7, 11) is 1.21. The van der Waals surface area contributed by atoms with Gasteiger partial charge in [0.15, 0.2) is 5.69 Å². The van der Waals surface area contributed by atoms with Crippen molar-refractivity contribution < 1.29 is 97.7 Å². The molecule has 35 heteroatoms. The number of hydrogen-bond donors (Lipinski definition) is 7. The number of carboxylic acid groups (broad SMARTS) is 1. The molecule has 6 saturated carbocycles. The van der Waals surface area contributed by atoms with Crippen molar-refractivity contribution in [3.05, 3.63) is 431 Å². The van der Waals surface area contributed by atoms with Crippen LogP contribution in [0.15, 0.2) is 290 Å². The van der Waals surface area contributed by atoms with E-state index in [4.69, 9.17) is 44.8 Å². The van der Waals surface area contributed by atoms with Crippen LogP contribution in [-0.4, -0.2) is 81.4 Å². The summed E-state index contributed by atoms with van der Waals surface area (Å²) in [5, 5.41) is 56.5. The standard InChI is InChI=1S/C23H22ClFN2O2.C23H20FN.C12H13FO2.C11H9ClF3N3.C10H10BrF.C9H8BrFO.C9H10FNO.C8H6BrFO2.C7H4BrFO2.ClH/c1-15-11-19(27(26-15)18-4-2-3-17(24)14-18)6-7-20(28)12-16-5-8-21(22(25)13-16)23(29)9-10-23;1-23(14-15-23)20-13-12-19(16-21(20)24)25-22(17-8-4-2-5-9-17)18-10-6-3-7-11-18;1-8(14)6-9-2-3-10(11(13)7-9)12(15)4-5-12;12-7-2-1-3-8(4-7)18-9(6-16)5-10(17-18)11(13,14)15;1-10(4-5-10)8-3-2-7(11)6-9(8)12;10-6-1-2-7(8(11)5-6)9(12)3-4-9;10-8-5-6(11)1-2-7(8)9(12)3-4-9;1-12-8(11)6-3-2-5(9)4-7(6)10;8-4-1-2-5(7(10)11)6(9)3-4;/h2-5,8,11,13-14,29H,6-7,9-10,12H2,1H3;2-13,16H,14-15H2,1H3;2-3,7,15H,4-6H2,1H3;1-5H,6,16H2;2-3,6H,4-5H2,1H3;1-2,5,12H,3-4H2;1-2,5,12H,3-4,11H2;2-4H,1H3;1-3H,(H,10,11);1H. The summed E-state index contributed by atoms with van der Waals surface area (Å²) in [6, 6.07) is 73.9. The molecule has 772 valence electrons. The van der Waals surface area contributed by atoms with Crippen LogP contribution in [0.25, 0.3) is 11.4 Å². The number of hydrogen-bond acceptors (Lipinski definition) is 14. The van der Waals surface area contributed by atoms with Gasteiger partial charge in [-0.3, -0.25) is 9.59 Å². The van der Waals surface area contributed by atoms with E-state index in [9.17, 15) is 87.9 Å². The van der Waals surface area contributed by atoms with Crippen molar-refractivity contribution in [3.8, 4) is 11.4 Å². The molecule has 0 saturated heterocycles. The molecule has 6 fully saturated rings. The van der Waals surface area contributed by atoms with E-state index in [0.717, 1.165) is 92.0 Å². The number of nitrogens with two attached hydrogens (primary N) is 2. The fraction of sp³-hybridized carbons (Fsp3) is 0.259. The molecule has 20 rings (SSSR count). The Balaban J connectivity index is 0.000000161. The van der Waals surface area contributed by atoms with Crippen molar-refractivity contribution >= 4 is 140 Å². The van der Waals surface area contributed by atoms with E-state index in [1.54, 1.807) is 95.7 Å². The van der Waals surface area contributed by atoms with Crippen molar-refractivity contribution in [1.82, 2.24) is 19.6 Å². The SMILES string of the molecule is CC(=O)Cc1ccc(C2(O)CC2)c(F)c1.CC1(c2ccc(Br)cc2F)CC1.CC1(c2ccc(N=C(c3ccccc3)c3ccccc3)cc2F)CC1.COC(=O)c1ccc(Br)cc1F.Cc1cc(CCC(=O)Cc2ccc(C3(O)CC3)c(F)c2)n(-c2cccc(Cl)c2)n1.Cl.NCc1cc(C(F)(F)F)nn1-c1cccc(Cl)c1.Nc1ccc(C2(O)CC2)c(F)c1.O=C(O)c1ccc(Br)cc1F.OC1(c2ccc(Br)cc2F)CC1. The molecule has 0 radical (unpaired) electrons. The van der Waals surface area contributed by atoms with Gasteiger partial charge in [-0.25, -0.2) is 59.1 Å². The maximum Gasteiger partial charge on any atom is 0.435 e. The van der Waals surface area contributed by atoms with E-state index >= 15 is 0 Å². The van der Waals surface area contributed by atoms with Crippen LogP contribution in [0.3, 0.4) is 0 Å². The minimum Gasteiger partial charge on any atom is -0.478 e. The molecule has 2 heterocycles. The lowest BCUT2D eigenvalue weighted by Crippen LogP contribution is -2.10. The molecule has 12 aromatic carbocycles. The van der Waals surface area contributed by atoms with Crippen molar-refractivity contribution in [2.24, 2.45) is 10.7 Å². The molecule has 14 aromatic rings. The predicted octanol–water partition coefficient (Wildman–Crippen LogP) is 28.4. The average Bonchev–Trinajstić information content (AvgIpc) is 1.63. The van der Waals surface area contributed by atoms with Gasteiger partial charge < -0.3 is 41.7 Å². The Morgan fingerprint density at radius 2 is 0.823 bits per heavy atom. The van der Waals surface area contributed by atoms with Gasteiger partial charge in [-0.1, -0.05) is 222 Å². The summed E-state index contributed by atoms with van der Waals surface area (Å²) < 4.78 is 155. The number of ketones is 2. The van der Waals surface area contributed by atoms with Gasteiger partial charge >= 0.3 is 18.1 Å². The second-order valence-corrected chi connectivity index (χ2v) is 41.2. The first kappa shape index (κ1) is 116. The topological polar surface area (TPSA) is 279 Å². The Morgan fingerprint density at radius 1 is 0.442 bits per heavy atom. The number of aromatic carboxylic acids is 1. The lowest BCUT2D eigenvalue weighted by molar-refractivity contribution is -0.141. The lowest BCUT2D eigenvalue weighted by atomic mass is 9.97. The zero-order valence-corrected chi connectivity index (χ0v) is 88.6. The first-order chi connectivity index (χ1) is 69.0. The second-order valence-electron chi connectivity index (χ2n) is 36.6. The van der Waals surface area contributed by atoms with E-state index < -0.39 is 75.3 Å². The molecular weight excluding hydrogens is 2240 g/mol. The van der Waals surface area contributed by atoms with E-state index in [0.29, 0.717) is 138 Å². The van der Waals surface area contributed by atoms with Gasteiger partial charge in [-0.05, 0) is 276 Å². The van der Waals surface area contributed by atoms with Crippen LogP contribution in [-0.2, 0) is 79.5 Å². The molecule has 0 aliphatic heterocycles. The van der Waals surface area contributed by atoms with Crippen LogP contribution in [0.4, 0.5) is 59.7 Å². The van der Waals surface area contributed by atoms with E-state index in [2.05, 4.69) is 92.5 Å². The molecule has 9 N–H and O–H groups in total. The van der Waals surface area contributed by atoms with Crippen LogP contribution >= 0.6 is 99.3 Å². The third kappa shape index (κ3) is 32.6. The van der Waals surface area contributed by atoms with Crippen LogP contribution in [0.5, 0.6) is 0 Å². The maximum atomic E-state index is 14.6. The molecule has 6 aliphatic carbocycles. The molecular formula is C112H103Br4Cl3F11N7O10. The van der Waals surface area contributed by atoms with Crippen molar-refractivity contribution in [3.63, 3.8) is 0 Å². The molecule has 2 aromatic heterocycles. The monoisotopic (exact) mass is 2340 g/mol. The molecule has 0 atom stereocenters. The number of aryl methyl sites for hydroxylation is 2. The minimum absolute atomic E-state index is 0. The molecule has 17 nitrogen and oxygen atoms in total. The number of methoxy groups -OCH3 is 1. The second kappa shape index (κ2) is 50.3. The third-order valence-corrected chi connectivity index (χ3v) is 27.2. The highest BCUT2D eigenvalue weighted by Crippen LogP contribution is 2.52. The largest absolute Gasteiger partial charge is 0.478 e. The van der Waals surface area contributed by atoms with Crippen molar-refractivity contribution in [1.29, 1.82) is 0 Å². The Kier molecular flexibility index (Phi) is 39.7. The van der Waals surface area contributed by atoms with Crippen LogP contribution in [0.2, 0.25) is 10.0 Å². The number of aliphatic imine (C=N–C) groups is 1.